The van der Waals surface area contributed by atoms with E-state index in [0.29, 0.717) is 17.0 Å². The first-order valence-electron chi connectivity index (χ1n) is 7.85. The third kappa shape index (κ3) is 3.58. The van der Waals surface area contributed by atoms with Crippen molar-refractivity contribution in [2.24, 2.45) is 0 Å². The Labute approximate surface area is 127 Å². The Morgan fingerprint density at radius 2 is 1.95 bits per heavy atom. The van der Waals surface area contributed by atoms with E-state index in [0.717, 1.165) is 31.6 Å². The van der Waals surface area contributed by atoms with E-state index in [1.807, 2.05) is 12.1 Å². The number of rotatable bonds is 5. The standard InChI is InChI=1S/C16H24N2O2S/c1-21(19,20)16-8-3-2-7-15(16)18-11-5-4-6-14(18)12-17-13-9-10-13/h2-3,7-8,13-14,17H,4-6,9-12H2,1H3. The molecule has 1 heterocycles. The predicted molar refractivity (Wildman–Crippen MR) is 85.6 cm³/mol. The molecule has 1 aliphatic heterocycles. The van der Waals surface area contributed by atoms with E-state index in [1.54, 1.807) is 12.1 Å². The molecular weight excluding hydrogens is 284 g/mol. The lowest BCUT2D eigenvalue weighted by Crippen LogP contribution is -2.46. The highest BCUT2D eigenvalue weighted by molar-refractivity contribution is 7.90. The van der Waals surface area contributed by atoms with Crippen molar-refractivity contribution in [2.45, 2.75) is 49.1 Å². The Morgan fingerprint density at radius 1 is 1.19 bits per heavy atom. The SMILES string of the molecule is CS(=O)(=O)c1ccccc1N1CCCCC1CNC1CC1. The number of sulfone groups is 1. The quantitative estimate of drug-likeness (QED) is 0.906. The minimum absolute atomic E-state index is 0.405. The van der Waals surface area contributed by atoms with Crippen LogP contribution in [0.5, 0.6) is 0 Å². The molecule has 0 radical (unpaired) electrons. The molecule has 5 heteroatoms. The molecule has 2 aliphatic rings. The van der Waals surface area contributed by atoms with Gasteiger partial charge in [0.1, 0.15) is 0 Å². The van der Waals surface area contributed by atoms with Gasteiger partial charge in [-0.1, -0.05) is 12.1 Å². The first-order chi connectivity index (χ1) is 10.1. The third-order valence-corrected chi connectivity index (χ3v) is 5.56. The Morgan fingerprint density at radius 3 is 2.67 bits per heavy atom. The van der Waals surface area contributed by atoms with Gasteiger partial charge in [-0.15, -0.1) is 0 Å². The Hall–Kier alpha value is -1.07. The zero-order chi connectivity index (χ0) is 14.9. The van der Waals surface area contributed by atoms with Gasteiger partial charge in [0.2, 0.25) is 0 Å². The molecule has 4 nitrogen and oxygen atoms in total. The Kier molecular flexibility index (Phi) is 4.22. The molecule has 1 aromatic rings. The first-order valence-corrected chi connectivity index (χ1v) is 9.74. The molecule has 1 aromatic carbocycles. The van der Waals surface area contributed by atoms with Crippen LogP contribution in [-0.2, 0) is 9.84 Å². The van der Waals surface area contributed by atoms with Gasteiger partial charge in [0, 0.05) is 31.4 Å². The van der Waals surface area contributed by atoms with E-state index in [9.17, 15) is 8.42 Å². The van der Waals surface area contributed by atoms with Gasteiger partial charge >= 0.3 is 0 Å². The van der Waals surface area contributed by atoms with Crippen molar-refractivity contribution in [1.29, 1.82) is 0 Å². The Bertz CT molecular complexity index is 596. The molecule has 1 unspecified atom stereocenters. The van der Waals surface area contributed by atoms with Crippen LogP contribution < -0.4 is 10.2 Å². The molecule has 3 rings (SSSR count). The van der Waals surface area contributed by atoms with Gasteiger partial charge in [0.15, 0.2) is 9.84 Å². The second-order valence-corrected chi connectivity index (χ2v) is 8.25. The average Bonchev–Trinajstić information content (AvgIpc) is 3.29. The number of benzene rings is 1. The number of hydrogen-bond acceptors (Lipinski definition) is 4. The summed E-state index contributed by atoms with van der Waals surface area (Å²) in [6.45, 7) is 1.91. The van der Waals surface area contributed by atoms with Crippen LogP contribution in [0, 0.1) is 0 Å². The summed E-state index contributed by atoms with van der Waals surface area (Å²) in [6, 6.07) is 8.52. The minimum atomic E-state index is -3.19. The molecule has 0 bridgehead atoms. The molecule has 1 N–H and O–H groups in total. The summed E-state index contributed by atoms with van der Waals surface area (Å²) in [6.07, 6.45) is 7.37. The summed E-state index contributed by atoms with van der Waals surface area (Å²) in [5.74, 6) is 0. The smallest absolute Gasteiger partial charge is 0.177 e. The molecule has 1 aliphatic carbocycles. The lowest BCUT2D eigenvalue weighted by atomic mass is 10.0. The number of piperidine rings is 1. The molecular formula is C16H24N2O2S. The zero-order valence-corrected chi connectivity index (χ0v) is 13.4. The van der Waals surface area contributed by atoms with E-state index in [2.05, 4.69) is 10.2 Å². The summed E-state index contributed by atoms with van der Waals surface area (Å²) >= 11 is 0. The largest absolute Gasteiger partial charge is 0.366 e. The van der Waals surface area contributed by atoms with Crippen molar-refractivity contribution >= 4 is 15.5 Å². The van der Waals surface area contributed by atoms with Crippen LogP contribution in [0.15, 0.2) is 29.2 Å². The van der Waals surface area contributed by atoms with Crippen molar-refractivity contribution < 1.29 is 8.42 Å². The van der Waals surface area contributed by atoms with Crippen molar-refractivity contribution in [2.75, 3.05) is 24.2 Å². The summed E-state index contributed by atoms with van der Waals surface area (Å²) in [5.41, 5.74) is 0.877. The zero-order valence-electron chi connectivity index (χ0n) is 12.6. The van der Waals surface area contributed by atoms with Gasteiger partial charge in [0.05, 0.1) is 10.6 Å². The highest BCUT2D eigenvalue weighted by atomic mass is 32.2. The van der Waals surface area contributed by atoms with Gasteiger partial charge in [-0.25, -0.2) is 8.42 Å². The minimum Gasteiger partial charge on any atom is -0.366 e. The van der Waals surface area contributed by atoms with Gasteiger partial charge in [0.25, 0.3) is 0 Å². The number of anilines is 1. The molecule has 1 saturated heterocycles. The van der Waals surface area contributed by atoms with Crippen molar-refractivity contribution in [1.82, 2.24) is 5.32 Å². The van der Waals surface area contributed by atoms with Crippen LogP contribution in [-0.4, -0.2) is 39.8 Å². The summed E-state index contributed by atoms with van der Waals surface area (Å²) in [4.78, 5) is 2.76. The molecule has 0 spiro atoms. The van der Waals surface area contributed by atoms with Gasteiger partial charge in [-0.2, -0.15) is 0 Å². The normalized spacial score (nSPS) is 23.3. The fourth-order valence-corrected chi connectivity index (χ4v) is 4.02. The maximum absolute atomic E-state index is 12.0. The molecule has 2 fully saturated rings. The summed E-state index contributed by atoms with van der Waals surface area (Å²) < 4.78 is 24.1. The summed E-state index contributed by atoms with van der Waals surface area (Å²) in [7, 11) is -3.19. The molecule has 1 saturated carbocycles. The molecule has 21 heavy (non-hydrogen) atoms. The van der Waals surface area contributed by atoms with Gasteiger partial charge < -0.3 is 10.2 Å². The van der Waals surface area contributed by atoms with E-state index in [4.69, 9.17) is 0 Å². The maximum atomic E-state index is 12.0. The van der Waals surface area contributed by atoms with Crippen LogP contribution in [0.2, 0.25) is 0 Å². The number of para-hydroxylation sites is 1. The van der Waals surface area contributed by atoms with Crippen molar-refractivity contribution in [3.05, 3.63) is 24.3 Å². The lowest BCUT2D eigenvalue weighted by Gasteiger charge is -2.38. The lowest BCUT2D eigenvalue weighted by molar-refractivity contribution is 0.432. The van der Waals surface area contributed by atoms with E-state index in [-0.39, 0.29) is 0 Å². The van der Waals surface area contributed by atoms with E-state index >= 15 is 0 Å². The van der Waals surface area contributed by atoms with Crippen LogP contribution in [0.1, 0.15) is 32.1 Å². The highest BCUT2D eigenvalue weighted by Crippen LogP contribution is 2.31. The van der Waals surface area contributed by atoms with E-state index < -0.39 is 9.84 Å². The number of hydrogen-bond donors (Lipinski definition) is 1. The maximum Gasteiger partial charge on any atom is 0.177 e. The molecule has 1 atom stereocenters. The second kappa shape index (κ2) is 5.97. The van der Waals surface area contributed by atoms with Gasteiger partial charge in [-0.3, -0.25) is 0 Å². The van der Waals surface area contributed by atoms with Crippen LogP contribution in [0.25, 0.3) is 0 Å². The molecule has 0 aromatic heterocycles. The van der Waals surface area contributed by atoms with Crippen molar-refractivity contribution in [3.63, 3.8) is 0 Å². The predicted octanol–water partition coefficient (Wildman–Crippen LogP) is 2.20. The fourth-order valence-electron chi connectivity index (χ4n) is 3.13. The summed E-state index contributed by atoms with van der Waals surface area (Å²) in [5, 5.41) is 3.59. The molecule has 0 amide bonds. The van der Waals surface area contributed by atoms with Crippen LogP contribution in [0.3, 0.4) is 0 Å². The average molecular weight is 308 g/mol. The monoisotopic (exact) mass is 308 g/mol. The van der Waals surface area contributed by atoms with Gasteiger partial charge in [-0.05, 0) is 44.2 Å². The molecule has 116 valence electrons. The van der Waals surface area contributed by atoms with Crippen LogP contribution >= 0.6 is 0 Å². The topological polar surface area (TPSA) is 49.4 Å². The number of nitrogens with zero attached hydrogens (tertiary/aromatic N) is 1. The number of nitrogens with one attached hydrogen (secondary N) is 1. The van der Waals surface area contributed by atoms with E-state index in [1.165, 1.54) is 25.5 Å². The fraction of sp³-hybridized carbons (Fsp3) is 0.625. The van der Waals surface area contributed by atoms with Crippen LogP contribution in [0.4, 0.5) is 5.69 Å². The van der Waals surface area contributed by atoms with Crippen molar-refractivity contribution in [3.8, 4) is 0 Å². The highest BCUT2D eigenvalue weighted by Gasteiger charge is 2.28. The third-order valence-electron chi connectivity index (χ3n) is 4.42. The second-order valence-electron chi connectivity index (χ2n) is 6.27. The Balaban J connectivity index is 1.85. The first kappa shape index (κ1) is 14.9.